The highest BCUT2D eigenvalue weighted by Gasteiger charge is 2.22. The normalized spacial score (nSPS) is 24.7. The monoisotopic (exact) mass is 206 g/mol. The molecule has 0 amide bonds. The molecule has 3 heteroatoms. The van der Waals surface area contributed by atoms with Crippen molar-refractivity contribution in [1.29, 1.82) is 0 Å². The zero-order valence-electron chi connectivity index (χ0n) is 9.04. The van der Waals surface area contributed by atoms with Crippen molar-refractivity contribution in [3.05, 3.63) is 11.8 Å². The number of carbonyl (C=O) groups excluding carboxylic acids is 1. The minimum absolute atomic E-state index is 0.633. The maximum atomic E-state index is 10.2. The second-order valence-corrected chi connectivity index (χ2v) is 4.25. The lowest BCUT2D eigenvalue weighted by molar-refractivity contribution is -0.107. The first-order chi connectivity index (χ1) is 7.40. The summed E-state index contributed by atoms with van der Waals surface area (Å²) in [4.78, 5) is 14.8. The lowest BCUT2D eigenvalue weighted by Gasteiger charge is -2.28. The van der Waals surface area contributed by atoms with E-state index in [1.807, 2.05) is 0 Å². The van der Waals surface area contributed by atoms with Crippen molar-refractivity contribution in [1.82, 2.24) is 5.32 Å². The first kappa shape index (κ1) is 10.4. The summed E-state index contributed by atoms with van der Waals surface area (Å²) >= 11 is 0. The van der Waals surface area contributed by atoms with Crippen LogP contribution in [-0.2, 0) is 4.79 Å². The first-order valence-corrected chi connectivity index (χ1v) is 5.85. The molecule has 0 aliphatic carbocycles. The van der Waals surface area contributed by atoms with Crippen LogP contribution in [0.15, 0.2) is 16.8 Å². The van der Waals surface area contributed by atoms with Crippen LogP contribution in [-0.4, -0.2) is 18.7 Å². The Hall–Kier alpha value is -1.12. The van der Waals surface area contributed by atoms with Crippen LogP contribution >= 0.6 is 0 Å². The van der Waals surface area contributed by atoms with Crippen molar-refractivity contribution in [2.45, 2.75) is 38.5 Å². The summed E-state index contributed by atoms with van der Waals surface area (Å²) in [6, 6.07) is 0. The quantitative estimate of drug-likeness (QED) is 0.565. The van der Waals surface area contributed by atoms with Gasteiger partial charge in [-0.1, -0.05) is 6.08 Å². The molecule has 1 unspecified atom stereocenters. The summed E-state index contributed by atoms with van der Waals surface area (Å²) in [5, 5.41) is 3.38. The van der Waals surface area contributed by atoms with Gasteiger partial charge in [0.05, 0.1) is 0 Å². The third-order valence-electron chi connectivity index (χ3n) is 3.08. The molecule has 1 saturated heterocycles. The molecular formula is C12H18N2O. The van der Waals surface area contributed by atoms with Crippen LogP contribution in [0.3, 0.4) is 0 Å². The molecule has 0 spiro atoms. The number of aldehydes is 1. The Labute approximate surface area is 90.7 Å². The van der Waals surface area contributed by atoms with Crippen molar-refractivity contribution >= 4 is 12.1 Å². The molecule has 0 aromatic rings. The van der Waals surface area contributed by atoms with Gasteiger partial charge in [-0.05, 0) is 32.1 Å². The first-order valence-electron chi connectivity index (χ1n) is 5.85. The standard InChI is InChI=1S/C12H18N2O/c15-9-2-1-5-11-7-6-10-4-3-8-13-12(10)14-11/h7,9-10H,1-6,8H2,(H,13,14). The number of nitrogens with zero attached hydrogens (tertiary/aromatic N) is 1. The van der Waals surface area contributed by atoms with E-state index in [0.717, 1.165) is 37.8 Å². The zero-order valence-corrected chi connectivity index (χ0v) is 9.04. The molecule has 2 rings (SSSR count). The van der Waals surface area contributed by atoms with Crippen LogP contribution in [0.1, 0.15) is 38.5 Å². The number of rotatable bonds is 4. The fourth-order valence-corrected chi connectivity index (χ4v) is 2.21. The Morgan fingerprint density at radius 2 is 2.53 bits per heavy atom. The molecule has 1 atom stereocenters. The molecule has 0 bridgehead atoms. The molecule has 2 heterocycles. The fourth-order valence-electron chi connectivity index (χ4n) is 2.21. The highest BCUT2D eigenvalue weighted by molar-refractivity contribution is 5.87. The van der Waals surface area contributed by atoms with E-state index in [-0.39, 0.29) is 0 Å². The summed E-state index contributed by atoms with van der Waals surface area (Å²) in [6.07, 6.45) is 9.40. The van der Waals surface area contributed by atoms with E-state index in [9.17, 15) is 4.79 Å². The molecule has 0 saturated carbocycles. The van der Waals surface area contributed by atoms with E-state index >= 15 is 0 Å². The number of amidine groups is 1. The number of fused-ring (bicyclic) bond motifs is 1. The van der Waals surface area contributed by atoms with Crippen LogP contribution < -0.4 is 5.32 Å². The molecule has 82 valence electrons. The Morgan fingerprint density at radius 3 is 3.40 bits per heavy atom. The van der Waals surface area contributed by atoms with Gasteiger partial charge in [-0.15, -0.1) is 0 Å². The lowest BCUT2D eigenvalue weighted by atomic mass is 9.92. The fraction of sp³-hybridized carbons (Fsp3) is 0.667. The third-order valence-corrected chi connectivity index (χ3v) is 3.08. The third kappa shape index (κ3) is 2.67. The number of aliphatic imine (C=N–C) groups is 1. The number of unbranched alkanes of at least 4 members (excludes halogenated alkanes) is 1. The highest BCUT2D eigenvalue weighted by atomic mass is 16.1. The number of hydrogen-bond donors (Lipinski definition) is 1. The predicted molar refractivity (Wildman–Crippen MR) is 60.8 cm³/mol. The molecule has 1 N–H and O–H groups in total. The number of carbonyl (C=O) groups is 1. The van der Waals surface area contributed by atoms with Gasteiger partial charge in [-0.2, -0.15) is 0 Å². The topological polar surface area (TPSA) is 41.5 Å². The van der Waals surface area contributed by atoms with Gasteiger partial charge in [0.1, 0.15) is 12.1 Å². The maximum Gasteiger partial charge on any atom is 0.120 e. The Bertz CT molecular complexity index is 294. The van der Waals surface area contributed by atoms with E-state index in [1.54, 1.807) is 0 Å². The van der Waals surface area contributed by atoms with E-state index in [1.165, 1.54) is 18.7 Å². The average molecular weight is 206 g/mol. The van der Waals surface area contributed by atoms with E-state index in [4.69, 9.17) is 0 Å². The number of allylic oxidation sites excluding steroid dienone is 2. The van der Waals surface area contributed by atoms with Crippen LogP contribution in [0, 0.1) is 5.92 Å². The average Bonchev–Trinajstić information content (AvgIpc) is 2.29. The van der Waals surface area contributed by atoms with E-state index in [2.05, 4.69) is 16.4 Å². The second-order valence-electron chi connectivity index (χ2n) is 4.25. The van der Waals surface area contributed by atoms with Gasteiger partial charge in [0.15, 0.2) is 0 Å². The van der Waals surface area contributed by atoms with E-state index in [0.29, 0.717) is 12.3 Å². The molecule has 2 aliphatic rings. The van der Waals surface area contributed by atoms with Gasteiger partial charge in [0, 0.05) is 24.6 Å². The molecule has 15 heavy (non-hydrogen) atoms. The molecule has 0 radical (unpaired) electrons. The summed E-state index contributed by atoms with van der Waals surface area (Å²) in [5.74, 6) is 1.82. The van der Waals surface area contributed by atoms with Crippen molar-refractivity contribution in [3.63, 3.8) is 0 Å². The Balaban J connectivity index is 1.89. The van der Waals surface area contributed by atoms with Gasteiger partial charge >= 0.3 is 0 Å². The van der Waals surface area contributed by atoms with Crippen LogP contribution in [0.4, 0.5) is 0 Å². The van der Waals surface area contributed by atoms with Crippen molar-refractivity contribution in [2.75, 3.05) is 6.54 Å². The zero-order chi connectivity index (χ0) is 10.5. The Kier molecular flexibility index (Phi) is 3.54. The molecule has 3 nitrogen and oxygen atoms in total. The summed E-state index contributed by atoms with van der Waals surface area (Å²) in [7, 11) is 0. The predicted octanol–water partition coefficient (Wildman–Crippen LogP) is 2.04. The van der Waals surface area contributed by atoms with Crippen LogP contribution in [0.2, 0.25) is 0 Å². The van der Waals surface area contributed by atoms with Gasteiger partial charge in [-0.25, -0.2) is 4.99 Å². The molecule has 0 aromatic carbocycles. The van der Waals surface area contributed by atoms with Crippen molar-refractivity contribution < 1.29 is 4.79 Å². The minimum Gasteiger partial charge on any atom is -0.373 e. The van der Waals surface area contributed by atoms with E-state index < -0.39 is 0 Å². The SMILES string of the molecule is O=CCCCC1=CCC2CCCNC2=N1. The van der Waals surface area contributed by atoms with Crippen LogP contribution in [0.5, 0.6) is 0 Å². The van der Waals surface area contributed by atoms with Gasteiger partial charge in [0.2, 0.25) is 0 Å². The number of piperidine rings is 1. The Morgan fingerprint density at radius 1 is 1.60 bits per heavy atom. The minimum atomic E-state index is 0.633. The van der Waals surface area contributed by atoms with Gasteiger partial charge < -0.3 is 10.1 Å². The van der Waals surface area contributed by atoms with Crippen molar-refractivity contribution in [2.24, 2.45) is 10.9 Å². The second kappa shape index (κ2) is 5.10. The molecule has 1 fully saturated rings. The molecule has 2 aliphatic heterocycles. The van der Waals surface area contributed by atoms with Gasteiger partial charge in [0.25, 0.3) is 0 Å². The summed E-state index contributed by atoms with van der Waals surface area (Å²) in [5.41, 5.74) is 1.16. The summed E-state index contributed by atoms with van der Waals surface area (Å²) < 4.78 is 0. The molecule has 0 aromatic heterocycles. The van der Waals surface area contributed by atoms with Crippen LogP contribution in [0.25, 0.3) is 0 Å². The maximum absolute atomic E-state index is 10.2. The smallest absolute Gasteiger partial charge is 0.120 e. The van der Waals surface area contributed by atoms with Crippen molar-refractivity contribution in [3.8, 4) is 0 Å². The summed E-state index contributed by atoms with van der Waals surface area (Å²) in [6.45, 7) is 1.07. The van der Waals surface area contributed by atoms with Gasteiger partial charge in [-0.3, -0.25) is 0 Å². The number of hydrogen-bond acceptors (Lipinski definition) is 3. The lowest BCUT2D eigenvalue weighted by Crippen LogP contribution is -2.37. The largest absolute Gasteiger partial charge is 0.373 e. The highest BCUT2D eigenvalue weighted by Crippen LogP contribution is 2.25. The molecular weight excluding hydrogens is 188 g/mol. The number of nitrogens with one attached hydrogen (secondary N) is 1.